The molecule has 4 nitrogen and oxygen atoms in total. The third kappa shape index (κ3) is 2.68. The minimum absolute atomic E-state index is 0.0127. The molecule has 1 aromatic rings. The molecule has 1 aromatic carbocycles. The van der Waals surface area contributed by atoms with Gasteiger partial charge in [-0.05, 0) is 18.6 Å². The van der Waals surface area contributed by atoms with E-state index < -0.39 is 5.79 Å². The van der Waals surface area contributed by atoms with Crippen LogP contribution in [0.3, 0.4) is 0 Å². The Morgan fingerprint density at radius 1 is 1.15 bits per heavy atom. The van der Waals surface area contributed by atoms with Gasteiger partial charge in [-0.15, -0.1) is 0 Å². The van der Waals surface area contributed by atoms with Crippen molar-refractivity contribution in [2.24, 2.45) is 0 Å². The van der Waals surface area contributed by atoms with E-state index in [0.717, 1.165) is 32.5 Å². The van der Waals surface area contributed by atoms with Gasteiger partial charge in [0.1, 0.15) is 0 Å². The van der Waals surface area contributed by atoms with Crippen LogP contribution in [-0.4, -0.2) is 42.9 Å². The predicted octanol–water partition coefficient (Wildman–Crippen LogP) is 2.71. The van der Waals surface area contributed by atoms with Crippen molar-refractivity contribution in [2.75, 3.05) is 26.3 Å². The Bertz CT molecular complexity index is 490. The number of halogens is 1. The molecule has 0 unspecified atom stereocenters. The highest BCUT2D eigenvalue weighted by Crippen LogP contribution is 2.31. The first-order valence-corrected chi connectivity index (χ1v) is 7.40. The highest BCUT2D eigenvalue weighted by molar-refractivity contribution is 6.33. The maximum absolute atomic E-state index is 12.5. The predicted molar refractivity (Wildman–Crippen MR) is 75.8 cm³/mol. The summed E-state index contributed by atoms with van der Waals surface area (Å²) in [5.74, 6) is -0.476. The normalized spacial score (nSPS) is 21.9. The van der Waals surface area contributed by atoms with Crippen molar-refractivity contribution in [1.82, 2.24) is 4.90 Å². The molecule has 0 saturated carbocycles. The van der Waals surface area contributed by atoms with Gasteiger partial charge in [0, 0.05) is 25.9 Å². The number of ether oxygens (including phenoxy) is 2. The number of rotatable bonds is 1. The van der Waals surface area contributed by atoms with Crippen molar-refractivity contribution < 1.29 is 14.3 Å². The van der Waals surface area contributed by atoms with Crippen LogP contribution >= 0.6 is 11.6 Å². The van der Waals surface area contributed by atoms with E-state index in [9.17, 15) is 4.79 Å². The minimum atomic E-state index is -0.463. The molecular formula is C15H18ClNO3. The van der Waals surface area contributed by atoms with Crippen molar-refractivity contribution in [3.05, 3.63) is 34.9 Å². The number of piperidine rings is 1. The summed E-state index contributed by atoms with van der Waals surface area (Å²) in [5.41, 5.74) is 0.565. The zero-order valence-corrected chi connectivity index (χ0v) is 12.1. The molecule has 1 amide bonds. The average Bonchev–Trinajstić information content (AvgIpc) is 2.49. The number of carbonyl (C=O) groups is 1. The Labute approximate surface area is 123 Å². The third-order valence-corrected chi connectivity index (χ3v) is 4.27. The molecule has 2 aliphatic rings. The van der Waals surface area contributed by atoms with Crippen LogP contribution in [-0.2, 0) is 9.47 Å². The van der Waals surface area contributed by atoms with Crippen LogP contribution in [0.1, 0.15) is 29.6 Å². The molecular weight excluding hydrogens is 278 g/mol. The standard InChI is InChI=1S/C15H18ClNO3/c16-13-5-2-1-4-12(13)14(18)17-8-6-15(7-9-17)19-10-3-11-20-15/h1-2,4-5H,3,6-11H2. The van der Waals surface area contributed by atoms with Crippen molar-refractivity contribution in [2.45, 2.75) is 25.0 Å². The monoisotopic (exact) mass is 295 g/mol. The number of hydrogen-bond acceptors (Lipinski definition) is 3. The van der Waals surface area contributed by atoms with Crippen molar-refractivity contribution in [3.63, 3.8) is 0 Å². The first kappa shape index (κ1) is 13.9. The first-order valence-electron chi connectivity index (χ1n) is 7.02. The molecule has 0 N–H and O–H groups in total. The van der Waals surface area contributed by atoms with Crippen LogP contribution in [0, 0.1) is 0 Å². The zero-order valence-electron chi connectivity index (χ0n) is 11.3. The second-order valence-electron chi connectivity index (χ2n) is 5.23. The second kappa shape index (κ2) is 5.72. The van der Waals surface area contributed by atoms with Gasteiger partial charge >= 0.3 is 0 Å². The lowest BCUT2D eigenvalue weighted by Gasteiger charge is -2.43. The molecule has 0 aromatic heterocycles. The van der Waals surface area contributed by atoms with Crippen LogP contribution in [0.2, 0.25) is 5.02 Å². The van der Waals surface area contributed by atoms with Gasteiger partial charge in [0.05, 0.1) is 23.8 Å². The molecule has 0 radical (unpaired) electrons. The summed E-state index contributed by atoms with van der Waals surface area (Å²) in [6.07, 6.45) is 2.40. The average molecular weight is 296 g/mol. The minimum Gasteiger partial charge on any atom is -0.350 e. The van der Waals surface area contributed by atoms with Crippen LogP contribution in [0.25, 0.3) is 0 Å². The molecule has 108 valence electrons. The maximum atomic E-state index is 12.5. The Morgan fingerprint density at radius 2 is 1.80 bits per heavy atom. The van der Waals surface area contributed by atoms with Crippen LogP contribution in [0.15, 0.2) is 24.3 Å². The van der Waals surface area contributed by atoms with E-state index in [4.69, 9.17) is 21.1 Å². The summed E-state index contributed by atoms with van der Waals surface area (Å²) in [6.45, 7) is 2.78. The highest BCUT2D eigenvalue weighted by atomic mass is 35.5. The topological polar surface area (TPSA) is 38.8 Å². The van der Waals surface area contributed by atoms with E-state index in [1.54, 1.807) is 12.1 Å². The van der Waals surface area contributed by atoms with E-state index >= 15 is 0 Å². The molecule has 20 heavy (non-hydrogen) atoms. The number of carbonyl (C=O) groups excluding carboxylic acids is 1. The Balaban J connectivity index is 1.66. The Kier molecular flexibility index (Phi) is 3.96. The molecule has 1 spiro atoms. The lowest BCUT2D eigenvalue weighted by molar-refractivity contribution is -0.281. The molecule has 2 fully saturated rings. The third-order valence-electron chi connectivity index (χ3n) is 3.94. The lowest BCUT2D eigenvalue weighted by Crippen LogP contribution is -2.51. The van der Waals surface area contributed by atoms with Gasteiger partial charge < -0.3 is 14.4 Å². The van der Waals surface area contributed by atoms with Gasteiger partial charge in [0.15, 0.2) is 5.79 Å². The molecule has 3 rings (SSSR count). The van der Waals surface area contributed by atoms with Gasteiger partial charge in [0.25, 0.3) is 5.91 Å². The van der Waals surface area contributed by atoms with Crippen molar-refractivity contribution in [1.29, 1.82) is 0 Å². The molecule has 0 bridgehead atoms. The number of amides is 1. The molecule has 2 heterocycles. The van der Waals surface area contributed by atoms with Crippen molar-refractivity contribution >= 4 is 17.5 Å². The lowest BCUT2D eigenvalue weighted by atomic mass is 10.0. The molecule has 0 atom stereocenters. The van der Waals surface area contributed by atoms with Gasteiger partial charge in [0.2, 0.25) is 0 Å². The molecule has 2 saturated heterocycles. The zero-order chi connectivity index (χ0) is 14.0. The van der Waals surface area contributed by atoms with Gasteiger partial charge in [-0.1, -0.05) is 23.7 Å². The van der Waals surface area contributed by atoms with E-state index in [1.165, 1.54) is 0 Å². The van der Waals surface area contributed by atoms with Gasteiger partial charge in [-0.25, -0.2) is 0 Å². The fourth-order valence-corrected chi connectivity index (χ4v) is 2.98. The van der Waals surface area contributed by atoms with E-state index in [2.05, 4.69) is 0 Å². The van der Waals surface area contributed by atoms with Crippen LogP contribution in [0.5, 0.6) is 0 Å². The van der Waals surface area contributed by atoms with E-state index in [1.807, 2.05) is 17.0 Å². The first-order chi connectivity index (χ1) is 9.70. The summed E-state index contributed by atoms with van der Waals surface area (Å²) in [5, 5.41) is 0.503. The summed E-state index contributed by atoms with van der Waals surface area (Å²) in [6, 6.07) is 7.17. The second-order valence-corrected chi connectivity index (χ2v) is 5.64. The Morgan fingerprint density at radius 3 is 2.45 bits per heavy atom. The SMILES string of the molecule is O=C(c1ccccc1Cl)N1CCC2(CC1)OCCCO2. The quantitative estimate of drug-likeness (QED) is 0.799. The summed E-state index contributed by atoms with van der Waals surface area (Å²) in [7, 11) is 0. The highest BCUT2D eigenvalue weighted by Gasteiger charge is 2.39. The number of benzene rings is 1. The summed E-state index contributed by atoms with van der Waals surface area (Å²) in [4.78, 5) is 14.3. The van der Waals surface area contributed by atoms with Crippen molar-refractivity contribution in [3.8, 4) is 0 Å². The maximum Gasteiger partial charge on any atom is 0.255 e. The summed E-state index contributed by atoms with van der Waals surface area (Å²) < 4.78 is 11.6. The largest absolute Gasteiger partial charge is 0.350 e. The summed E-state index contributed by atoms with van der Waals surface area (Å²) >= 11 is 6.08. The van der Waals surface area contributed by atoms with Gasteiger partial charge in [-0.2, -0.15) is 0 Å². The smallest absolute Gasteiger partial charge is 0.255 e. The van der Waals surface area contributed by atoms with Crippen LogP contribution < -0.4 is 0 Å². The van der Waals surface area contributed by atoms with Gasteiger partial charge in [-0.3, -0.25) is 4.79 Å². The molecule has 5 heteroatoms. The fraction of sp³-hybridized carbons (Fsp3) is 0.533. The van der Waals surface area contributed by atoms with Crippen LogP contribution in [0.4, 0.5) is 0 Å². The number of hydrogen-bond donors (Lipinski definition) is 0. The fourth-order valence-electron chi connectivity index (χ4n) is 2.76. The Hall–Kier alpha value is -1.10. The number of nitrogens with zero attached hydrogens (tertiary/aromatic N) is 1. The molecule has 0 aliphatic carbocycles. The number of likely N-dealkylation sites (tertiary alicyclic amines) is 1. The molecule has 2 aliphatic heterocycles. The van der Waals surface area contributed by atoms with E-state index in [-0.39, 0.29) is 5.91 Å². The van der Waals surface area contributed by atoms with E-state index in [0.29, 0.717) is 23.7 Å².